The van der Waals surface area contributed by atoms with Gasteiger partial charge in [0.15, 0.2) is 0 Å². The third-order valence-corrected chi connectivity index (χ3v) is 3.13. The summed E-state index contributed by atoms with van der Waals surface area (Å²) in [6.45, 7) is 4.84. The molecule has 1 aromatic carbocycles. The van der Waals surface area contributed by atoms with E-state index >= 15 is 0 Å². The van der Waals surface area contributed by atoms with Gasteiger partial charge < -0.3 is 15.5 Å². The van der Waals surface area contributed by atoms with Crippen LogP contribution in [0.4, 0.5) is 9.18 Å². The van der Waals surface area contributed by atoms with Crippen molar-refractivity contribution in [3.05, 3.63) is 35.6 Å². The zero-order valence-corrected chi connectivity index (χ0v) is 10.4. The molecular weight excluding hydrogens is 233 g/mol. The highest BCUT2D eigenvalue weighted by molar-refractivity contribution is 5.76. The zero-order chi connectivity index (χ0) is 13.0. The Morgan fingerprint density at radius 2 is 2.39 bits per heavy atom. The molecule has 2 amide bonds. The molecule has 1 aromatic rings. The third kappa shape index (κ3) is 3.20. The predicted molar refractivity (Wildman–Crippen MR) is 67.8 cm³/mol. The van der Waals surface area contributed by atoms with Gasteiger partial charge >= 0.3 is 6.03 Å². The average Bonchev–Trinajstić information content (AvgIpc) is 2.75. The number of hydrogen-bond donors (Lipinski definition) is 2. The molecule has 1 aliphatic heterocycles. The van der Waals surface area contributed by atoms with Crippen molar-refractivity contribution in [1.29, 1.82) is 0 Å². The van der Waals surface area contributed by atoms with Gasteiger partial charge in [-0.15, -0.1) is 0 Å². The molecule has 4 nitrogen and oxygen atoms in total. The molecule has 1 heterocycles. The van der Waals surface area contributed by atoms with Crippen LogP contribution in [-0.2, 0) is 0 Å². The maximum absolute atomic E-state index is 13.1. The smallest absolute Gasteiger partial charge is 0.317 e. The molecule has 5 heteroatoms. The van der Waals surface area contributed by atoms with E-state index in [2.05, 4.69) is 10.6 Å². The van der Waals surface area contributed by atoms with E-state index in [-0.39, 0.29) is 17.9 Å². The molecule has 0 spiro atoms. The Bertz CT molecular complexity index is 424. The fraction of sp³-hybridized carbons (Fsp3) is 0.462. The van der Waals surface area contributed by atoms with Gasteiger partial charge in [-0.1, -0.05) is 12.1 Å². The second kappa shape index (κ2) is 5.82. The lowest BCUT2D eigenvalue weighted by atomic mass is 10.1. The van der Waals surface area contributed by atoms with Crippen LogP contribution in [-0.4, -0.2) is 37.1 Å². The van der Waals surface area contributed by atoms with Crippen molar-refractivity contribution in [2.45, 2.75) is 13.0 Å². The van der Waals surface area contributed by atoms with Crippen LogP contribution in [0.25, 0.3) is 0 Å². The number of nitrogens with one attached hydrogen (secondary N) is 2. The van der Waals surface area contributed by atoms with E-state index < -0.39 is 0 Å². The Hall–Kier alpha value is -1.62. The van der Waals surface area contributed by atoms with Gasteiger partial charge in [0.05, 0.1) is 0 Å². The van der Waals surface area contributed by atoms with Crippen LogP contribution < -0.4 is 10.6 Å². The van der Waals surface area contributed by atoms with Crippen molar-refractivity contribution in [2.75, 3.05) is 26.2 Å². The van der Waals surface area contributed by atoms with Crippen molar-refractivity contribution in [2.24, 2.45) is 0 Å². The molecule has 0 aliphatic carbocycles. The van der Waals surface area contributed by atoms with Crippen molar-refractivity contribution in [3.8, 4) is 0 Å². The number of amides is 2. The quantitative estimate of drug-likeness (QED) is 0.833. The molecule has 0 radical (unpaired) electrons. The summed E-state index contributed by atoms with van der Waals surface area (Å²) in [6, 6.07) is 6.63. The summed E-state index contributed by atoms with van der Waals surface area (Å²) in [7, 11) is 0. The van der Waals surface area contributed by atoms with Gasteiger partial charge in [-0.25, -0.2) is 9.18 Å². The zero-order valence-electron chi connectivity index (χ0n) is 10.4. The molecule has 0 saturated carbocycles. The minimum absolute atomic E-state index is 0.00444. The molecule has 98 valence electrons. The molecule has 18 heavy (non-hydrogen) atoms. The second-order valence-electron chi connectivity index (χ2n) is 4.45. The lowest BCUT2D eigenvalue weighted by Gasteiger charge is -2.18. The minimum atomic E-state index is -0.222. The molecule has 1 atom stereocenters. The second-order valence-corrected chi connectivity index (χ2v) is 4.45. The topological polar surface area (TPSA) is 44.4 Å². The summed E-state index contributed by atoms with van der Waals surface area (Å²) in [5.41, 5.74) is 0.917. The Kier molecular flexibility index (Phi) is 4.15. The van der Waals surface area contributed by atoms with Gasteiger partial charge in [0.25, 0.3) is 0 Å². The number of rotatable bonds is 5. The molecule has 0 unspecified atom stereocenters. The van der Waals surface area contributed by atoms with Crippen LogP contribution in [0.1, 0.15) is 18.5 Å². The van der Waals surface area contributed by atoms with Gasteiger partial charge in [0, 0.05) is 32.2 Å². The first-order chi connectivity index (χ1) is 8.66. The summed E-state index contributed by atoms with van der Waals surface area (Å²) in [6.07, 6.45) is 0. The lowest BCUT2D eigenvalue weighted by Crippen LogP contribution is -2.35. The molecule has 1 aliphatic rings. The van der Waals surface area contributed by atoms with Gasteiger partial charge in [-0.3, -0.25) is 0 Å². The van der Waals surface area contributed by atoms with Crippen molar-refractivity contribution < 1.29 is 9.18 Å². The number of halogens is 1. The van der Waals surface area contributed by atoms with E-state index in [1.54, 1.807) is 11.0 Å². The molecule has 0 bridgehead atoms. The minimum Gasteiger partial charge on any atom is -0.336 e. The Balaban J connectivity index is 1.78. The van der Waals surface area contributed by atoms with E-state index in [1.165, 1.54) is 12.1 Å². The fourth-order valence-electron chi connectivity index (χ4n) is 2.03. The number of carbonyl (C=O) groups is 1. The average molecular weight is 251 g/mol. The fourth-order valence-corrected chi connectivity index (χ4v) is 2.03. The molecule has 0 aromatic heterocycles. The highest BCUT2D eigenvalue weighted by atomic mass is 19.1. The monoisotopic (exact) mass is 251 g/mol. The van der Waals surface area contributed by atoms with Crippen molar-refractivity contribution in [3.63, 3.8) is 0 Å². The number of urea groups is 1. The SMILES string of the molecule is C[C@@H](NCCN1CCNC1=O)c1cccc(F)c1. The van der Waals surface area contributed by atoms with E-state index in [0.29, 0.717) is 13.1 Å². The molecule has 1 saturated heterocycles. The van der Waals surface area contributed by atoms with Crippen molar-refractivity contribution >= 4 is 6.03 Å². The van der Waals surface area contributed by atoms with Crippen LogP contribution in [0.5, 0.6) is 0 Å². The summed E-state index contributed by atoms with van der Waals surface area (Å²) >= 11 is 0. The largest absolute Gasteiger partial charge is 0.336 e. The first-order valence-corrected chi connectivity index (χ1v) is 6.18. The van der Waals surface area contributed by atoms with Crippen LogP contribution in [0.2, 0.25) is 0 Å². The predicted octanol–water partition coefficient (Wildman–Crippen LogP) is 1.50. The number of hydrogen-bond acceptors (Lipinski definition) is 2. The maximum atomic E-state index is 13.1. The molecule has 1 fully saturated rings. The van der Waals surface area contributed by atoms with Crippen LogP contribution in [0.15, 0.2) is 24.3 Å². The Labute approximate surface area is 106 Å². The van der Waals surface area contributed by atoms with E-state index in [1.807, 2.05) is 13.0 Å². The molecule has 2 N–H and O–H groups in total. The van der Waals surface area contributed by atoms with E-state index in [4.69, 9.17) is 0 Å². The summed E-state index contributed by atoms with van der Waals surface area (Å²) in [5, 5.41) is 6.04. The van der Waals surface area contributed by atoms with Gasteiger partial charge in [0.1, 0.15) is 5.82 Å². The summed E-state index contributed by atoms with van der Waals surface area (Å²) < 4.78 is 13.1. The van der Waals surface area contributed by atoms with Gasteiger partial charge in [-0.2, -0.15) is 0 Å². The highest BCUT2D eigenvalue weighted by Crippen LogP contribution is 2.13. The lowest BCUT2D eigenvalue weighted by molar-refractivity contribution is 0.217. The number of carbonyl (C=O) groups excluding carboxylic acids is 1. The summed E-state index contributed by atoms with van der Waals surface area (Å²) in [4.78, 5) is 13.1. The highest BCUT2D eigenvalue weighted by Gasteiger charge is 2.18. The third-order valence-electron chi connectivity index (χ3n) is 3.13. The summed E-state index contributed by atoms with van der Waals surface area (Å²) in [5.74, 6) is -0.222. The normalized spacial score (nSPS) is 16.8. The van der Waals surface area contributed by atoms with E-state index in [9.17, 15) is 9.18 Å². The van der Waals surface area contributed by atoms with E-state index in [0.717, 1.165) is 18.7 Å². The van der Waals surface area contributed by atoms with Crippen LogP contribution in [0.3, 0.4) is 0 Å². The van der Waals surface area contributed by atoms with Gasteiger partial charge in [0.2, 0.25) is 0 Å². The first kappa shape index (κ1) is 12.8. The van der Waals surface area contributed by atoms with Gasteiger partial charge in [-0.05, 0) is 24.6 Å². The van der Waals surface area contributed by atoms with Crippen LogP contribution in [0, 0.1) is 5.82 Å². The Morgan fingerprint density at radius 1 is 1.56 bits per heavy atom. The standard InChI is InChI=1S/C13H18FN3O/c1-10(11-3-2-4-12(14)9-11)15-5-7-17-8-6-16-13(17)18/h2-4,9-10,15H,5-8H2,1H3,(H,16,18)/t10-/m1/s1. The number of nitrogens with zero attached hydrogens (tertiary/aromatic N) is 1. The maximum Gasteiger partial charge on any atom is 0.317 e. The van der Waals surface area contributed by atoms with Crippen LogP contribution >= 0.6 is 0 Å². The molecule has 2 rings (SSSR count). The number of benzene rings is 1. The van der Waals surface area contributed by atoms with Crippen molar-refractivity contribution in [1.82, 2.24) is 15.5 Å². The Morgan fingerprint density at radius 3 is 3.06 bits per heavy atom. The molecular formula is C13H18FN3O. The first-order valence-electron chi connectivity index (χ1n) is 6.18.